The average molecular weight is 337 g/mol. The van der Waals surface area contributed by atoms with Crippen molar-refractivity contribution in [2.24, 2.45) is 0 Å². The normalized spacial score (nSPS) is 13.1. The zero-order valence-corrected chi connectivity index (χ0v) is 11.9. The van der Waals surface area contributed by atoms with Gasteiger partial charge in [0.15, 0.2) is 9.81 Å². The van der Waals surface area contributed by atoms with Gasteiger partial charge < -0.3 is 4.55 Å². The van der Waals surface area contributed by atoms with Crippen molar-refractivity contribution < 1.29 is 4.55 Å². The molecular formula is C6H4Cl6OS. The van der Waals surface area contributed by atoms with Crippen molar-refractivity contribution in [3.05, 3.63) is 23.0 Å². The van der Waals surface area contributed by atoms with E-state index in [1.54, 1.807) is 0 Å². The molecule has 0 aromatic carbocycles. The third-order valence-corrected chi connectivity index (χ3v) is 4.63. The molecule has 0 radical (unpaired) electrons. The van der Waals surface area contributed by atoms with Crippen molar-refractivity contribution in [3.63, 3.8) is 0 Å². The number of alkyl halides is 6. The van der Waals surface area contributed by atoms with Crippen LogP contribution >= 0.6 is 69.6 Å². The molecule has 1 nitrogen and oxygen atoms in total. The Morgan fingerprint density at radius 1 is 0.857 bits per heavy atom. The van der Waals surface area contributed by atoms with Crippen molar-refractivity contribution in [3.8, 4) is 0 Å². The fraction of sp³-hybridized carbons (Fsp3) is 0.333. The average Bonchev–Trinajstić information content (AvgIpc) is 1.97. The zero-order valence-electron chi connectivity index (χ0n) is 6.50. The lowest BCUT2D eigenvalue weighted by Gasteiger charge is -2.21. The molecule has 0 aliphatic carbocycles. The zero-order chi connectivity index (χ0) is 11.7. The van der Waals surface area contributed by atoms with E-state index in [9.17, 15) is 4.55 Å². The number of hydrogen-bond acceptors (Lipinski definition) is 1. The van der Waals surface area contributed by atoms with Crippen LogP contribution in [-0.2, 0) is 11.2 Å². The lowest BCUT2D eigenvalue weighted by atomic mass is 10.7. The van der Waals surface area contributed by atoms with Crippen LogP contribution in [0, 0.1) is 0 Å². The molecular weight excluding hydrogens is 333 g/mol. The molecule has 0 fully saturated rings. The molecule has 0 aliphatic heterocycles. The molecule has 0 aliphatic rings. The monoisotopic (exact) mass is 334 g/mol. The Balaban J connectivity index is 4.74. The highest BCUT2D eigenvalue weighted by Gasteiger charge is 2.42. The van der Waals surface area contributed by atoms with Crippen LogP contribution in [0.3, 0.4) is 0 Å². The molecule has 0 bridgehead atoms. The highest BCUT2D eigenvalue weighted by molar-refractivity contribution is 7.99. The molecule has 0 amide bonds. The Hall–Kier alpha value is 1.53. The van der Waals surface area contributed by atoms with Gasteiger partial charge >= 0.3 is 0 Å². The summed E-state index contributed by atoms with van der Waals surface area (Å²) in [5.41, 5.74) is 0. The van der Waals surface area contributed by atoms with Gasteiger partial charge in [0.05, 0.1) is 0 Å². The summed E-state index contributed by atoms with van der Waals surface area (Å²) >= 11 is 30.7. The fourth-order valence-corrected chi connectivity index (χ4v) is 2.34. The van der Waals surface area contributed by atoms with Crippen molar-refractivity contribution in [1.82, 2.24) is 0 Å². The summed E-state index contributed by atoms with van der Waals surface area (Å²) in [6, 6.07) is 0. The van der Waals surface area contributed by atoms with Gasteiger partial charge in [0.2, 0.25) is 0 Å². The Morgan fingerprint density at radius 3 is 1.21 bits per heavy atom. The number of rotatable bonds is 2. The molecule has 0 saturated heterocycles. The van der Waals surface area contributed by atoms with Crippen LogP contribution in [0.15, 0.2) is 23.0 Å². The summed E-state index contributed by atoms with van der Waals surface area (Å²) in [4.78, 5) is -0.419. The highest BCUT2D eigenvalue weighted by Crippen LogP contribution is 2.44. The van der Waals surface area contributed by atoms with E-state index in [2.05, 4.69) is 13.2 Å². The standard InChI is InChI=1S/C6H4Cl6OS/c1-3(5(7,8)9)14(13)4(2)6(10,11)12/h1-2H2. The van der Waals surface area contributed by atoms with E-state index in [0.717, 1.165) is 0 Å². The molecule has 0 saturated carbocycles. The maximum Gasteiger partial charge on any atom is 0.259 e. The second-order valence-electron chi connectivity index (χ2n) is 2.11. The van der Waals surface area contributed by atoms with E-state index in [4.69, 9.17) is 69.6 Å². The van der Waals surface area contributed by atoms with Crippen LogP contribution in [0.1, 0.15) is 0 Å². The maximum absolute atomic E-state index is 11.5. The third-order valence-electron chi connectivity index (χ3n) is 1.08. The van der Waals surface area contributed by atoms with Gasteiger partial charge in [-0.3, -0.25) is 0 Å². The van der Waals surface area contributed by atoms with Crippen LogP contribution in [-0.4, -0.2) is 12.1 Å². The third kappa shape index (κ3) is 4.58. The van der Waals surface area contributed by atoms with Gasteiger partial charge in [-0.2, -0.15) is 0 Å². The predicted octanol–water partition coefficient (Wildman–Crippen LogP) is 4.50. The SMILES string of the molecule is C=C([S+]([O-])C(=C)C(Cl)(Cl)Cl)C(Cl)(Cl)Cl. The van der Waals surface area contributed by atoms with Gasteiger partial charge in [-0.15, -0.1) is 0 Å². The van der Waals surface area contributed by atoms with E-state index in [0.29, 0.717) is 0 Å². The van der Waals surface area contributed by atoms with Gasteiger partial charge in [0, 0.05) is 11.2 Å². The molecule has 0 N–H and O–H groups in total. The predicted molar refractivity (Wildman–Crippen MR) is 67.0 cm³/mol. The minimum atomic E-state index is -1.93. The second kappa shape index (κ2) is 5.24. The summed E-state index contributed by atoms with van der Waals surface area (Å²) in [5, 5.41) is 0. The first-order chi connectivity index (χ1) is 5.98. The van der Waals surface area contributed by atoms with Crippen LogP contribution in [0.2, 0.25) is 0 Å². The Kier molecular flexibility index (Phi) is 5.81. The van der Waals surface area contributed by atoms with Crippen LogP contribution in [0.5, 0.6) is 0 Å². The summed E-state index contributed by atoms with van der Waals surface area (Å²) in [5.74, 6) is 0. The van der Waals surface area contributed by atoms with E-state index in [1.807, 2.05) is 0 Å². The Morgan fingerprint density at radius 2 is 1.07 bits per heavy atom. The number of halogens is 6. The largest absolute Gasteiger partial charge is 0.607 e. The number of hydrogen-bond donors (Lipinski definition) is 0. The lowest BCUT2D eigenvalue weighted by molar-refractivity contribution is 0.605. The van der Waals surface area contributed by atoms with Gasteiger partial charge in [-0.05, 0) is 13.2 Å². The van der Waals surface area contributed by atoms with E-state index < -0.39 is 18.8 Å². The van der Waals surface area contributed by atoms with Gasteiger partial charge in [0.25, 0.3) is 7.59 Å². The molecule has 0 atom stereocenters. The minimum Gasteiger partial charge on any atom is -0.607 e. The molecule has 0 aromatic heterocycles. The van der Waals surface area contributed by atoms with E-state index >= 15 is 0 Å². The van der Waals surface area contributed by atoms with Gasteiger partial charge in [0.1, 0.15) is 0 Å². The first kappa shape index (κ1) is 15.5. The molecule has 0 heterocycles. The maximum atomic E-state index is 11.5. The molecule has 0 spiro atoms. The second-order valence-corrected chi connectivity index (χ2v) is 8.20. The smallest absolute Gasteiger partial charge is 0.259 e. The summed E-state index contributed by atoms with van der Waals surface area (Å²) in [7, 11) is 0. The molecule has 0 rings (SSSR count). The topological polar surface area (TPSA) is 23.1 Å². The van der Waals surface area contributed by atoms with Crippen molar-refractivity contribution >= 4 is 80.8 Å². The Bertz CT molecular complexity index is 226. The van der Waals surface area contributed by atoms with Crippen LogP contribution < -0.4 is 0 Å². The molecule has 0 unspecified atom stereocenters. The van der Waals surface area contributed by atoms with Crippen LogP contribution in [0.4, 0.5) is 0 Å². The highest BCUT2D eigenvalue weighted by atomic mass is 35.6. The molecule has 8 heteroatoms. The van der Waals surface area contributed by atoms with E-state index in [-0.39, 0.29) is 9.81 Å². The summed E-state index contributed by atoms with van der Waals surface area (Å²) < 4.78 is 7.77. The van der Waals surface area contributed by atoms with Crippen molar-refractivity contribution in [1.29, 1.82) is 0 Å². The summed E-state index contributed by atoms with van der Waals surface area (Å²) in [6.07, 6.45) is 0. The fourth-order valence-electron chi connectivity index (χ4n) is 0.359. The number of allylic oxidation sites excluding steroid dienone is 2. The molecule has 82 valence electrons. The molecule has 0 aromatic rings. The van der Waals surface area contributed by atoms with Crippen molar-refractivity contribution in [2.45, 2.75) is 7.59 Å². The van der Waals surface area contributed by atoms with Crippen LogP contribution in [0.25, 0.3) is 0 Å². The Labute approximate surface area is 115 Å². The minimum absolute atomic E-state index is 0.209. The summed E-state index contributed by atoms with van der Waals surface area (Å²) in [6.45, 7) is 6.66. The first-order valence-electron chi connectivity index (χ1n) is 2.92. The van der Waals surface area contributed by atoms with Gasteiger partial charge in [-0.1, -0.05) is 69.6 Å². The van der Waals surface area contributed by atoms with Crippen molar-refractivity contribution in [2.75, 3.05) is 0 Å². The first-order valence-corrected chi connectivity index (χ1v) is 6.33. The van der Waals surface area contributed by atoms with E-state index in [1.165, 1.54) is 0 Å². The van der Waals surface area contributed by atoms with Gasteiger partial charge in [-0.25, -0.2) is 0 Å². The quantitative estimate of drug-likeness (QED) is 0.537. The lowest BCUT2D eigenvalue weighted by Crippen LogP contribution is -2.23. The molecule has 14 heavy (non-hydrogen) atoms.